The van der Waals surface area contributed by atoms with Gasteiger partial charge in [-0.15, -0.1) is 0 Å². The zero-order chi connectivity index (χ0) is 29.7. The smallest absolute Gasteiger partial charge is 0.186 e. The predicted molar refractivity (Wildman–Crippen MR) is 161 cm³/mol. The van der Waals surface area contributed by atoms with Crippen molar-refractivity contribution in [1.82, 2.24) is 0 Å². The van der Waals surface area contributed by atoms with E-state index in [9.17, 15) is 20.4 Å². The Hall–Kier alpha value is -0.500. The second-order valence-corrected chi connectivity index (χ2v) is 15.7. The Morgan fingerprint density at radius 3 is 2.41 bits per heavy atom. The van der Waals surface area contributed by atoms with Crippen molar-refractivity contribution < 1.29 is 29.9 Å². The molecule has 0 aromatic rings. The zero-order valence-corrected chi connectivity index (χ0v) is 26.7. The largest absolute Gasteiger partial charge is 0.396 e. The molecule has 14 unspecified atom stereocenters. The number of hydrogen-bond donors (Lipinski definition) is 4. The molecule has 4 N–H and O–H groups in total. The van der Waals surface area contributed by atoms with Gasteiger partial charge in [-0.2, -0.15) is 0 Å². The summed E-state index contributed by atoms with van der Waals surface area (Å²) in [6, 6.07) is 0. The highest BCUT2D eigenvalue weighted by molar-refractivity contribution is 5.25. The van der Waals surface area contributed by atoms with Crippen molar-refractivity contribution in [3.8, 4) is 0 Å². The Morgan fingerprint density at radius 2 is 1.73 bits per heavy atom. The zero-order valence-electron chi connectivity index (χ0n) is 26.7. The fraction of sp³-hybridized carbons (Fsp3) is 0.943. The lowest BCUT2D eigenvalue weighted by molar-refractivity contribution is -0.341. The summed E-state index contributed by atoms with van der Waals surface area (Å²) < 4.78 is 11.8. The molecule has 5 rings (SSSR count). The van der Waals surface area contributed by atoms with Crippen molar-refractivity contribution in [3.63, 3.8) is 0 Å². The van der Waals surface area contributed by atoms with Gasteiger partial charge in [0.25, 0.3) is 0 Å². The average molecular weight is 577 g/mol. The maximum Gasteiger partial charge on any atom is 0.186 e. The second kappa shape index (κ2) is 12.5. The Balaban J connectivity index is 1.24. The molecule has 6 heteroatoms. The summed E-state index contributed by atoms with van der Waals surface area (Å²) in [5.74, 6) is 4.89. The summed E-state index contributed by atoms with van der Waals surface area (Å²) in [6.45, 7) is 14.5. The Morgan fingerprint density at radius 1 is 0.976 bits per heavy atom. The maximum atomic E-state index is 10.4. The molecule has 1 aliphatic heterocycles. The van der Waals surface area contributed by atoms with Crippen molar-refractivity contribution in [2.75, 3.05) is 6.61 Å². The SMILES string of the molecule is CCC(CCC(C)C1CCC2C3CC=C4CC(OC5OC(O)C(O)C(O)C5CO)CCC4(C)C3CCC12C)C(C)C. The highest BCUT2D eigenvalue weighted by Crippen LogP contribution is 2.67. The van der Waals surface area contributed by atoms with E-state index in [0.29, 0.717) is 5.41 Å². The van der Waals surface area contributed by atoms with E-state index in [1.807, 2.05) is 0 Å². The van der Waals surface area contributed by atoms with Gasteiger partial charge in [-0.1, -0.05) is 66.0 Å². The monoisotopic (exact) mass is 576 g/mol. The molecule has 0 amide bonds. The molecule has 1 saturated heterocycles. The molecule has 0 aromatic heterocycles. The van der Waals surface area contributed by atoms with Crippen molar-refractivity contribution in [2.45, 2.75) is 143 Å². The fourth-order valence-corrected chi connectivity index (χ4v) is 10.8. The molecule has 6 nitrogen and oxygen atoms in total. The number of aliphatic hydroxyl groups is 4. The van der Waals surface area contributed by atoms with Gasteiger partial charge >= 0.3 is 0 Å². The first-order valence-corrected chi connectivity index (χ1v) is 17.1. The van der Waals surface area contributed by atoms with Crippen molar-refractivity contribution in [2.24, 2.45) is 58.2 Å². The van der Waals surface area contributed by atoms with E-state index >= 15 is 0 Å². The van der Waals surface area contributed by atoms with Crippen LogP contribution in [0.4, 0.5) is 0 Å². The quantitative estimate of drug-likeness (QED) is 0.249. The summed E-state index contributed by atoms with van der Waals surface area (Å²) in [5.41, 5.74) is 2.20. The highest BCUT2D eigenvalue weighted by Gasteiger charge is 2.59. The van der Waals surface area contributed by atoms with Crippen LogP contribution in [0.2, 0.25) is 0 Å². The summed E-state index contributed by atoms with van der Waals surface area (Å²) in [7, 11) is 0. The fourth-order valence-electron chi connectivity index (χ4n) is 10.8. The van der Waals surface area contributed by atoms with E-state index in [-0.39, 0.29) is 18.1 Å². The van der Waals surface area contributed by atoms with Gasteiger partial charge in [0.2, 0.25) is 0 Å². The molecule has 14 atom stereocenters. The molecular weight excluding hydrogens is 516 g/mol. The van der Waals surface area contributed by atoms with Gasteiger partial charge in [-0.25, -0.2) is 0 Å². The van der Waals surface area contributed by atoms with E-state index < -0.39 is 30.7 Å². The second-order valence-electron chi connectivity index (χ2n) is 15.7. The molecule has 0 spiro atoms. The lowest BCUT2D eigenvalue weighted by Gasteiger charge is -2.58. The van der Waals surface area contributed by atoms with Crippen LogP contribution in [0.1, 0.15) is 112 Å². The molecule has 3 saturated carbocycles. The van der Waals surface area contributed by atoms with Crippen LogP contribution in [-0.4, -0.2) is 57.9 Å². The van der Waals surface area contributed by atoms with Gasteiger partial charge in [0.05, 0.1) is 24.7 Å². The molecule has 0 radical (unpaired) electrons. The summed E-state index contributed by atoms with van der Waals surface area (Å²) in [5, 5.41) is 40.2. The van der Waals surface area contributed by atoms with Crippen molar-refractivity contribution in [1.29, 1.82) is 0 Å². The highest BCUT2D eigenvalue weighted by atomic mass is 16.7. The van der Waals surface area contributed by atoms with Crippen molar-refractivity contribution >= 4 is 0 Å². The summed E-state index contributed by atoms with van der Waals surface area (Å²) >= 11 is 0. The van der Waals surface area contributed by atoms with E-state index in [1.54, 1.807) is 0 Å². The molecule has 4 aliphatic carbocycles. The number of allylic oxidation sites excluding steroid dienone is 1. The minimum atomic E-state index is -1.51. The third kappa shape index (κ3) is 5.73. The predicted octanol–water partition coefficient (Wildman–Crippen LogP) is 6.05. The normalized spacial score (nSPS) is 47.7. The molecule has 4 fully saturated rings. The third-order valence-corrected chi connectivity index (χ3v) is 13.5. The maximum absolute atomic E-state index is 10.4. The molecule has 41 heavy (non-hydrogen) atoms. The average Bonchev–Trinajstić information content (AvgIpc) is 3.29. The van der Waals surface area contributed by atoms with Crippen LogP contribution in [0.5, 0.6) is 0 Å². The van der Waals surface area contributed by atoms with E-state index in [0.717, 1.165) is 60.7 Å². The molecule has 1 heterocycles. The topological polar surface area (TPSA) is 99.4 Å². The van der Waals surface area contributed by atoms with E-state index in [1.165, 1.54) is 56.9 Å². The van der Waals surface area contributed by atoms with Crippen LogP contribution >= 0.6 is 0 Å². The van der Waals surface area contributed by atoms with Crippen LogP contribution in [0.3, 0.4) is 0 Å². The third-order valence-electron chi connectivity index (χ3n) is 13.5. The van der Waals surface area contributed by atoms with Gasteiger partial charge in [0.1, 0.15) is 6.10 Å². The standard InChI is InChI=1S/C35H60O6/c1-7-22(20(2)3)9-8-21(4)27-12-13-28-25-11-10-23-18-24(14-16-34(23,5)29(25)15-17-35(27,28)6)40-33-26(19-36)30(37)31(38)32(39)41-33/h10,20-22,24-33,36-39H,7-9,11-19H2,1-6H3. The van der Waals surface area contributed by atoms with Crippen LogP contribution in [0, 0.1) is 58.2 Å². The summed E-state index contributed by atoms with van der Waals surface area (Å²) in [6.07, 6.45) is 10.9. The molecular formula is C35H60O6. The first-order valence-electron chi connectivity index (χ1n) is 17.1. The van der Waals surface area contributed by atoms with E-state index in [4.69, 9.17) is 9.47 Å². The number of aliphatic hydroxyl groups excluding tert-OH is 4. The lowest BCUT2D eigenvalue weighted by Crippen LogP contribution is -2.57. The molecule has 0 aromatic carbocycles. The van der Waals surface area contributed by atoms with Gasteiger partial charge in [0.15, 0.2) is 12.6 Å². The van der Waals surface area contributed by atoms with Crippen LogP contribution in [0.25, 0.3) is 0 Å². The number of ether oxygens (including phenoxy) is 2. The molecule has 5 aliphatic rings. The molecule has 0 bridgehead atoms. The first kappa shape index (κ1) is 31.9. The van der Waals surface area contributed by atoms with Crippen LogP contribution in [-0.2, 0) is 9.47 Å². The van der Waals surface area contributed by atoms with Gasteiger partial charge in [0, 0.05) is 0 Å². The number of hydrogen-bond acceptors (Lipinski definition) is 6. The van der Waals surface area contributed by atoms with Crippen LogP contribution < -0.4 is 0 Å². The Bertz CT molecular complexity index is 920. The van der Waals surface area contributed by atoms with Gasteiger partial charge < -0.3 is 29.9 Å². The van der Waals surface area contributed by atoms with Gasteiger partial charge in [-0.05, 0) is 110 Å². The lowest BCUT2D eigenvalue weighted by atomic mass is 9.47. The number of fused-ring (bicyclic) bond motifs is 5. The van der Waals surface area contributed by atoms with Crippen LogP contribution in [0.15, 0.2) is 11.6 Å². The van der Waals surface area contributed by atoms with Gasteiger partial charge in [-0.3, -0.25) is 0 Å². The number of rotatable bonds is 9. The van der Waals surface area contributed by atoms with Crippen molar-refractivity contribution in [3.05, 3.63) is 11.6 Å². The minimum Gasteiger partial charge on any atom is -0.396 e. The Labute approximate surface area is 249 Å². The minimum absolute atomic E-state index is 0.0806. The first-order chi connectivity index (χ1) is 19.4. The Kier molecular flexibility index (Phi) is 9.71. The van der Waals surface area contributed by atoms with E-state index in [2.05, 4.69) is 47.6 Å². The molecule has 236 valence electrons. The summed E-state index contributed by atoms with van der Waals surface area (Å²) in [4.78, 5) is 0.